The molecule has 1 heterocycles. The number of aryl methyl sites for hydroxylation is 1. The molecule has 0 atom stereocenters. The summed E-state index contributed by atoms with van der Waals surface area (Å²) in [5.41, 5.74) is 3.25. The number of benzene rings is 2. The number of hydrogen-bond acceptors (Lipinski definition) is 6. The molecule has 0 unspecified atom stereocenters. The van der Waals surface area contributed by atoms with Crippen LogP contribution in [0.2, 0.25) is 0 Å². The van der Waals surface area contributed by atoms with Crippen molar-refractivity contribution in [3.8, 4) is 17.2 Å². The number of rotatable bonds is 9. The molecule has 2 aromatic carbocycles. The first-order valence-electron chi connectivity index (χ1n) is 10.4. The van der Waals surface area contributed by atoms with Crippen molar-refractivity contribution in [1.29, 1.82) is 0 Å². The first-order valence-corrected chi connectivity index (χ1v) is 10.4. The molecule has 1 saturated heterocycles. The third-order valence-electron chi connectivity index (χ3n) is 5.60. The summed E-state index contributed by atoms with van der Waals surface area (Å²) in [7, 11) is 4.67. The molecular formula is C24H34Cl2N2O4. The number of Topliss-reactive ketones (excluding diaryl/α,β-unsaturated/α-hetero) is 1. The molecule has 3 rings (SSSR count). The number of carbonyl (C=O) groups excluding carboxylic acids is 1. The van der Waals surface area contributed by atoms with E-state index in [0.29, 0.717) is 29.2 Å². The number of carbonyl (C=O) groups is 1. The Hall–Kier alpha value is -1.99. The summed E-state index contributed by atoms with van der Waals surface area (Å²) in [6, 6.07) is 12.1. The molecule has 2 aromatic rings. The Bertz CT molecular complexity index is 846. The standard InChI is InChI=1S/C24H32N2O4.2ClH/c1-18-6-5-7-19(14-18)17-26-12-10-25(11-13-26)9-8-21(27)20-15-22(28-2)24(30-4)23(16-20)29-3;;/h5-7,14-16H,8-13,17H2,1-4H3;2*1H. The lowest BCUT2D eigenvalue weighted by Gasteiger charge is -2.34. The van der Waals surface area contributed by atoms with Gasteiger partial charge in [0.25, 0.3) is 0 Å². The minimum absolute atomic E-state index is 0. The molecule has 0 bridgehead atoms. The Morgan fingerprint density at radius 2 is 1.47 bits per heavy atom. The smallest absolute Gasteiger partial charge is 0.203 e. The van der Waals surface area contributed by atoms with Crippen molar-refractivity contribution in [2.24, 2.45) is 0 Å². The highest BCUT2D eigenvalue weighted by Crippen LogP contribution is 2.38. The average molecular weight is 485 g/mol. The minimum Gasteiger partial charge on any atom is -0.493 e. The van der Waals surface area contributed by atoms with Crippen molar-refractivity contribution in [3.63, 3.8) is 0 Å². The number of piperazine rings is 1. The van der Waals surface area contributed by atoms with Crippen molar-refractivity contribution >= 4 is 30.6 Å². The van der Waals surface area contributed by atoms with Crippen LogP contribution in [0.1, 0.15) is 27.9 Å². The molecule has 32 heavy (non-hydrogen) atoms. The van der Waals surface area contributed by atoms with E-state index in [-0.39, 0.29) is 30.6 Å². The molecule has 0 amide bonds. The first kappa shape index (κ1) is 28.0. The highest BCUT2D eigenvalue weighted by Gasteiger charge is 2.20. The van der Waals surface area contributed by atoms with Gasteiger partial charge in [0.05, 0.1) is 21.3 Å². The summed E-state index contributed by atoms with van der Waals surface area (Å²) in [5.74, 6) is 1.59. The van der Waals surface area contributed by atoms with Gasteiger partial charge in [0.15, 0.2) is 17.3 Å². The van der Waals surface area contributed by atoms with Gasteiger partial charge in [0.1, 0.15) is 0 Å². The van der Waals surface area contributed by atoms with Crippen LogP contribution in [0.25, 0.3) is 0 Å². The van der Waals surface area contributed by atoms with E-state index in [1.54, 1.807) is 33.5 Å². The van der Waals surface area contributed by atoms with Crippen molar-refractivity contribution in [2.75, 3.05) is 54.1 Å². The Kier molecular flexibility index (Phi) is 11.9. The summed E-state index contributed by atoms with van der Waals surface area (Å²) >= 11 is 0. The largest absolute Gasteiger partial charge is 0.493 e. The molecular weight excluding hydrogens is 451 g/mol. The van der Waals surface area contributed by atoms with Gasteiger partial charge in [0, 0.05) is 51.3 Å². The van der Waals surface area contributed by atoms with Crippen molar-refractivity contribution in [3.05, 3.63) is 53.1 Å². The minimum atomic E-state index is 0. The maximum atomic E-state index is 12.8. The van der Waals surface area contributed by atoms with Crippen molar-refractivity contribution < 1.29 is 19.0 Å². The fraction of sp³-hybridized carbons (Fsp3) is 0.458. The van der Waals surface area contributed by atoms with Gasteiger partial charge >= 0.3 is 0 Å². The van der Waals surface area contributed by atoms with Gasteiger partial charge in [-0.3, -0.25) is 9.69 Å². The van der Waals surface area contributed by atoms with Crippen LogP contribution < -0.4 is 14.2 Å². The number of ketones is 1. The molecule has 0 saturated carbocycles. The molecule has 1 aliphatic heterocycles. The summed E-state index contributed by atoms with van der Waals surface area (Å²) in [5, 5.41) is 0. The quantitative estimate of drug-likeness (QED) is 0.495. The van der Waals surface area contributed by atoms with E-state index in [2.05, 4.69) is 41.0 Å². The molecule has 0 aromatic heterocycles. The number of ether oxygens (including phenoxy) is 3. The average Bonchev–Trinajstić information content (AvgIpc) is 2.77. The van der Waals surface area contributed by atoms with Gasteiger partial charge in [-0.1, -0.05) is 29.8 Å². The normalized spacial score (nSPS) is 14.1. The van der Waals surface area contributed by atoms with Crippen LogP contribution in [-0.2, 0) is 6.54 Å². The van der Waals surface area contributed by atoms with Crippen molar-refractivity contribution in [1.82, 2.24) is 9.80 Å². The second kappa shape index (κ2) is 13.5. The Morgan fingerprint density at radius 1 is 0.875 bits per heavy atom. The molecule has 8 heteroatoms. The predicted molar refractivity (Wildman–Crippen MR) is 132 cm³/mol. The van der Waals surface area contributed by atoms with E-state index in [0.717, 1.165) is 39.3 Å². The van der Waals surface area contributed by atoms with Crippen LogP contribution in [0.4, 0.5) is 0 Å². The molecule has 0 N–H and O–H groups in total. The number of methoxy groups -OCH3 is 3. The fourth-order valence-corrected chi connectivity index (χ4v) is 3.89. The Balaban J connectivity index is 0.00000256. The Morgan fingerprint density at radius 3 is 2.00 bits per heavy atom. The molecule has 0 spiro atoms. The van der Waals surface area contributed by atoms with E-state index < -0.39 is 0 Å². The van der Waals surface area contributed by atoms with E-state index in [4.69, 9.17) is 14.2 Å². The zero-order chi connectivity index (χ0) is 21.5. The van der Waals surface area contributed by atoms with Crippen LogP contribution in [0.15, 0.2) is 36.4 Å². The summed E-state index contributed by atoms with van der Waals surface area (Å²) < 4.78 is 16.1. The SMILES string of the molecule is COc1cc(C(=O)CCN2CCN(Cc3cccc(C)c3)CC2)cc(OC)c1OC.Cl.Cl. The van der Waals surface area contributed by atoms with Crippen LogP contribution >= 0.6 is 24.8 Å². The Labute approximate surface area is 203 Å². The van der Waals surface area contributed by atoms with Gasteiger partial charge in [0.2, 0.25) is 5.75 Å². The van der Waals surface area contributed by atoms with E-state index >= 15 is 0 Å². The summed E-state index contributed by atoms with van der Waals surface area (Å²) in [6.45, 7) is 7.88. The molecule has 1 fully saturated rings. The maximum Gasteiger partial charge on any atom is 0.203 e. The van der Waals surface area contributed by atoms with Crippen LogP contribution in [0.3, 0.4) is 0 Å². The van der Waals surface area contributed by atoms with Crippen LogP contribution in [0.5, 0.6) is 17.2 Å². The van der Waals surface area contributed by atoms with Gasteiger partial charge in [-0.05, 0) is 24.6 Å². The zero-order valence-corrected chi connectivity index (χ0v) is 20.9. The fourth-order valence-electron chi connectivity index (χ4n) is 3.89. The molecule has 1 aliphatic rings. The monoisotopic (exact) mass is 484 g/mol. The lowest BCUT2D eigenvalue weighted by Crippen LogP contribution is -2.46. The molecule has 0 radical (unpaired) electrons. The molecule has 178 valence electrons. The number of halogens is 2. The topological polar surface area (TPSA) is 51.2 Å². The van der Waals surface area contributed by atoms with Gasteiger partial charge < -0.3 is 19.1 Å². The third-order valence-corrected chi connectivity index (χ3v) is 5.60. The predicted octanol–water partition coefficient (Wildman–Crippen LogP) is 4.26. The summed E-state index contributed by atoms with van der Waals surface area (Å²) in [6.07, 6.45) is 0.469. The maximum absolute atomic E-state index is 12.8. The number of nitrogens with zero attached hydrogens (tertiary/aromatic N) is 2. The van der Waals surface area contributed by atoms with E-state index in [1.807, 2.05) is 0 Å². The van der Waals surface area contributed by atoms with Gasteiger partial charge in [-0.2, -0.15) is 0 Å². The lowest BCUT2D eigenvalue weighted by atomic mass is 10.1. The molecule has 0 aliphatic carbocycles. The second-order valence-corrected chi connectivity index (χ2v) is 7.69. The highest BCUT2D eigenvalue weighted by atomic mass is 35.5. The van der Waals surface area contributed by atoms with E-state index in [1.165, 1.54) is 11.1 Å². The van der Waals surface area contributed by atoms with Crippen LogP contribution in [-0.4, -0.2) is 69.6 Å². The van der Waals surface area contributed by atoms with Crippen LogP contribution in [0, 0.1) is 6.92 Å². The second-order valence-electron chi connectivity index (χ2n) is 7.69. The zero-order valence-electron chi connectivity index (χ0n) is 19.3. The van der Waals surface area contributed by atoms with Gasteiger partial charge in [-0.25, -0.2) is 0 Å². The van der Waals surface area contributed by atoms with Gasteiger partial charge in [-0.15, -0.1) is 24.8 Å². The highest BCUT2D eigenvalue weighted by molar-refractivity contribution is 5.97. The lowest BCUT2D eigenvalue weighted by molar-refractivity contribution is 0.0922. The molecule has 6 nitrogen and oxygen atoms in total. The summed E-state index contributed by atoms with van der Waals surface area (Å²) in [4.78, 5) is 17.6. The third kappa shape index (κ3) is 7.27. The van der Waals surface area contributed by atoms with E-state index in [9.17, 15) is 4.79 Å². The van der Waals surface area contributed by atoms with Crippen molar-refractivity contribution in [2.45, 2.75) is 19.9 Å². The number of hydrogen-bond donors (Lipinski definition) is 0. The first-order chi connectivity index (χ1) is 14.5.